The summed E-state index contributed by atoms with van der Waals surface area (Å²) >= 11 is 0. The first-order valence-corrected chi connectivity index (χ1v) is 7.39. The molecule has 0 aliphatic rings. The third kappa shape index (κ3) is 3.42. The van der Waals surface area contributed by atoms with E-state index >= 15 is 0 Å². The van der Waals surface area contributed by atoms with Crippen molar-refractivity contribution >= 4 is 22.4 Å². The van der Waals surface area contributed by atoms with Gasteiger partial charge in [0.25, 0.3) is 0 Å². The Morgan fingerprint density at radius 2 is 1.95 bits per heavy atom. The predicted molar refractivity (Wildman–Crippen MR) is 85.9 cm³/mol. The summed E-state index contributed by atoms with van der Waals surface area (Å²) in [7, 11) is 1.28. The SMILES string of the molecule is CCCCCN=Nc1cc(C(=O)OC)c(O)c2ccccc12. The molecular weight excluding hydrogens is 280 g/mol. The maximum absolute atomic E-state index is 11.8. The zero-order valence-electron chi connectivity index (χ0n) is 12.9. The lowest BCUT2D eigenvalue weighted by Crippen LogP contribution is -2.01. The Kier molecular flexibility index (Phi) is 5.47. The fraction of sp³-hybridized carbons (Fsp3) is 0.353. The fourth-order valence-electron chi connectivity index (χ4n) is 2.25. The van der Waals surface area contributed by atoms with Crippen molar-refractivity contribution < 1.29 is 14.6 Å². The van der Waals surface area contributed by atoms with Crippen molar-refractivity contribution in [1.29, 1.82) is 0 Å². The summed E-state index contributed by atoms with van der Waals surface area (Å²) in [4.78, 5) is 11.8. The van der Waals surface area contributed by atoms with Crippen LogP contribution in [0.2, 0.25) is 0 Å². The number of azo groups is 1. The number of hydrogen-bond donors (Lipinski definition) is 1. The molecule has 5 heteroatoms. The highest BCUT2D eigenvalue weighted by Gasteiger charge is 2.17. The van der Waals surface area contributed by atoms with E-state index in [2.05, 4.69) is 17.2 Å². The van der Waals surface area contributed by atoms with Crippen molar-refractivity contribution in [3.05, 3.63) is 35.9 Å². The second-order valence-corrected chi connectivity index (χ2v) is 5.00. The second-order valence-electron chi connectivity index (χ2n) is 5.00. The molecule has 0 unspecified atom stereocenters. The highest BCUT2D eigenvalue weighted by Crippen LogP contribution is 2.36. The Balaban J connectivity index is 2.43. The number of esters is 1. The first-order chi connectivity index (χ1) is 10.7. The number of rotatable bonds is 6. The van der Waals surface area contributed by atoms with Gasteiger partial charge >= 0.3 is 5.97 Å². The molecule has 1 N–H and O–H groups in total. The van der Waals surface area contributed by atoms with Gasteiger partial charge in [0.2, 0.25) is 0 Å². The smallest absolute Gasteiger partial charge is 0.341 e. The lowest BCUT2D eigenvalue weighted by Gasteiger charge is -2.08. The first kappa shape index (κ1) is 15.9. The van der Waals surface area contributed by atoms with Crippen LogP contribution in [0, 0.1) is 0 Å². The number of carbonyl (C=O) groups excluding carboxylic acids is 1. The minimum atomic E-state index is -0.592. The molecule has 2 rings (SSSR count). The molecule has 0 spiro atoms. The van der Waals surface area contributed by atoms with Crippen LogP contribution in [-0.4, -0.2) is 24.7 Å². The van der Waals surface area contributed by atoms with Gasteiger partial charge in [-0.15, -0.1) is 0 Å². The lowest BCUT2D eigenvalue weighted by atomic mass is 10.0. The van der Waals surface area contributed by atoms with Crippen molar-refractivity contribution in [2.45, 2.75) is 26.2 Å². The Hall–Kier alpha value is -2.43. The third-order valence-electron chi connectivity index (χ3n) is 3.44. The van der Waals surface area contributed by atoms with Gasteiger partial charge < -0.3 is 9.84 Å². The van der Waals surface area contributed by atoms with E-state index in [-0.39, 0.29) is 11.3 Å². The summed E-state index contributed by atoms with van der Waals surface area (Å²) < 4.78 is 4.71. The number of hydrogen-bond acceptors (Lipinski definition) is 5. The van der Waals surface area contributed by atoms with Crippen LogP contribution in [-0.2, 0) is 4.74 Å². The number of phenols is 1. The molecule has 0 amide bonds. The largest absolute Gasteiger partial charge is 0.506 e. The zero-order valence-corrected chi connectivity index (χ0v) is 12.9. The van der Waals surface area contributed by atoms with Crippen LogP contribution in [0.25, 0.3) is 10.8 Å². The second kappa shape index (κ2) is 7.54. The number of methoxy groups -OCH3 is 1. The van der Waals surface area contributed by atoms with E-state index in [1.807, 2.05) is 12.1 Å². The summed E-state index contributed by atoms with van der Waals surface area (Å²) in [6, 6.07) is 8.76. The molecule has 0 atom stereocenters. The number of nitrogens with zero attached hydrogens (tertiary/aromatic N) is 2. The van der Waals surface area contributed by atoms with Crippen LogP contribution >= 0.6 is 0 Å². The molecule has 0 heterocycles. The number of benzene rings is 2. The summed E-state index contributed by atoms with van der Waals surface area (Å²) in [6.07, 6.45) is 3.23. The maximum atomic E-state index is 11.8. The van der Waals surface area contributed by atoms with Gasteiger partial charge in [0.05, 0.1) is 19.3 Å². The highest BCUT2D eigenvalue weighted by atomic mass is 16.5. The minimum Gasteiger partial charge on any atom is -0.506 e. The number of ether oxygens (including phenoxy) is 1. The van der Waals surface area contributed by atoms with Crippen molar-refractivity contribution in [3.8, 4) is 5.75 Å². The zero-order chi connectivity index (χ0) is 15.9. The van der Waals surface area contributed by atoms with Gasteiger partial charge in [0.1, 0.15) is 11.3 Å². The van der Waals surface area contributed by atoms with Crippen molar-refractivity contribution in [1.82, 2.24) is 0 Å². The standard InChI is InChI=1S/C17H20N2O3/c1-3-4-7-10-18-19-15-11-14(17(21)22-2)16(20)13-9-6-5-8-12(13)15/h5-6,8-9,11,20H,3-4,7,10H2,1-2H3. The number of unbranched alkanes of at least 4 members (excludes halogenated alkanes) is 2. The average Bonchev–Trinajstić information content (AvgIpc) is 2.56. The number of carbonyl (C=O) groups is 1. The number of fused-ring (bicyclic) bond motifs is 1. The molecule has 0 saturated carbocycles. The maximum Gasteiger partial charge on any atom is 0.341 e. The van der Waals surface area contributed by atoms with Crippen LogP contribution in [0.5, 0.6) is 5.75 Å². The van der Waals surface area contributed by atoms with E-state index in [9.17, 15) is 9.90 Å². The van der Waals surface area contributed by atoms with E-state index in [1.165, 1.54) is 13.2 Å². The van der Waals surface area contributed by atoms with Crippen LogP contribution < -0.4 is 0 Å². The van der Waals surface area contributed by atoms with Crippen molar-refractivity contribution in [3.63, 3.8) is 0 Å². The molecule has 0 bridgehead atoms. The molecule has 0 fully saturated rings. The summed E-state index contributed by atoms with van der Waals surface area (Å²) in [5, 5.41) is 20.0. The van der Waals surface area contributed by atoms with Crippen LogP contribution in [0.4, 0.5) is 5.69 Å². The van der Waals surface area contributed by atoms with E-state index in [0.29, 0.717) is 17.6 Å². The lowest BCUT2D eigenvalue weighted by molar-refractivity contribution is 0.0598. The van der Waals surface area contributed by atoms with Gasteiger partial charge in [-0.1, -0.05) is 44.0 Å². The normalized spacial score (nSPS) is 11.2. The monoisotopic (exact) mass is 300 g/mol. The van der Waals surface area contributed by atoms with E-state index in [1.54, 1.807) is 12.1 Å². The van der Waals surface area contributed by atoms with E-state index in [4.69, 9.17) is 4.74 Å². The molecule has 0 saturated heterocycles. The fourth-order valence-corrected chi connectivity index (χ4v) is 2.25. The van der Waals surface area contributed by atoms with Crippen LogP contribution in [0.1, 0.15) is 36.5 Å². The molecule has 0 radical (unpaired) electrons. The van der Waals surface area contributed by atoms with E-state index in [0.717, 1.165) is 24.6 Å². The molecule has 0 aromatic heterocycles. The molecule has 22 heavy (non-hydrogen) atoms. The van der Waals surface area contributed by atoms with Gasteiger partial charge in [0, 0.05) is 10.8 Å². The summed E-state index contributed by atoms with van der Waals surface area (Å²) in [5.41, 5.74) is 0.661. The average molecular weight is 300 g/mol. The minimum absolute atomic E-state index is 0.0904. The summed E-state index contributed by atoms with van der Waals surface area (Å²) in [6.45, 7) is 2.78. The van der Waals surface area contributed by atoms with Crippen molar-refractivity contribution in [2.24, 2.45) is 10.2 Å². The van der Waals surface area contributed by atoms with Gasteiger partial charge in [-0.25, -0.2) is 4.79 Å². The Bertz CT molecular complexity index is 696. The van der Waals surface area contributed by atoms with Gasteiger partial charge in [-0.2, -0.15) is 10.2 Å². The molecule has 116 valence electrons. The topological polar surface area (TPSA) is 71.2 Å². The molecule has 2 aromatic carbocycles. The molecular formula is C17H20N2O3. The first-order valence-electron chi connectivity index (χ1n) is 7.39. The molecule has 5 nitrogen and oxygen atoms in total. The van der Waals surface area contributed by atoms with Gasteiger partial charge in [-0.05, 0) is 12.5 Å². The van der Waals surface area contributed by atoms with Gasteiger partial charge in [0.15, 0.2) is 0 Å². The highest BCUT2D eigenvalue weighted by molar-refractivity contribution is 6.05. The third-order valence-corrected chi connectivity index (χ3v) is 3.44. The predicted octanol–water partition coefficient (Wildman–Crippen LogP) is 4.61. The number of aromatic hydroxyl groups is 1. The number of phenolic OH excluding ortho intramolecular Hbond substituents is 1. The van der Waals surface area contributed by atoms with Crippen LogP contribution in [0.3, 0.4) is 0 Å². The Morgan fingerprint density at radius 1 is 1.23 bits per heavy atom. The van der Waals surface area contributed by atoms with Crippen LogP contribution in [0.15, 0.2) is 40.6 Å². The van der Waals surface area contributed by atoms with E-state index < -0.39 is 5.97 Å². The Morgan fingerprint density at radius 3 is 2.64 bits per heavy atom. The quantitative estimate of drug-likeness (QED) is 0.481. The Labute approximate surface area is 129 Å². The van der Waals surface area contributed by atoms with Gasteiger partial charge in [-0.3, -0.25) is 0 Å². The summed E-state index contributed by atoms with van der Waals surface area (Å²) in [5.74, 6) is -0.682. The van der Waals surface area contributed by atoms with Crippen molar-refractivity contribution in [2.75, 3.05) is 13.7 Å². The molecule has 2 aromatic rings. The molecule has 0 aliphatic heterocycles. The molecule has 0 aliphatic carbocycles.